The number of carbonyl (C=O) groups excluding carboxylic acids is 2. The van der Waals surface area contributed by atoms with E-state index in [1.54, 1.807) is 25.1 Å². The first-order chi connectivity index (χ1) is 14.1. The summed E-state index contributed by atoms with van der Waals surface area (Å²) < 4.78 is 10.4. The first kappa shape index (κ1) is 18.4. The van der Waals surface area contributed by atoms with Crippen LogP contribution in [0.25, 0.3) is 22.4 Å². The van der Waals surface area contributed by atoms with Crippen LogP contribution in [0.15, 0.2) is 63.7 Å². The van der Waals surface area contributed by atoms with Crippen molar-refractivity contribution < 1.29 is 18.5 Å². The van der Waals surface area contributed by atoms with Crippen molar-refractivity contribution in [3.05, 3.63) is 71.8 Å². The van der Waals surface area contributed by atoms with Gasteiger partial charge in [-0.3, -0.25) is 9.59 Å². The molecule has 4 aromatic rings. The predicted octanol–water partition coefficient (Wildman–Crippen LogP) is 2.84. The van der Waals surface area contributed by atoms with Crippen molar-refractivity contribution in [2.75, 3.05) is 6.54 Å². The monoisotopic (exact) mass is 390 g/mol. The average molecular weight is 390 g/mol. The van der Waals surface area contributed by atoms with Gasteiger partial charge >= 0.3 is 0 Å². The predicted molar refractivity (Wildman–Crippen MR) is 105 cm³/mol. The van der Waals surface area contributed by atoms with Crippen LogP contribution in [0.5, 0.6) is 0 Å². The van der Waals surface area contributed by atoms with E-state index in [-0.39, 0.29) is 24.7 Å². The summed E-state index contributed by atoms with van der Waals surface area (Å²) in [5.74, 6) is -0.104. The summed E-state index contributed by atoms with van der Waals surface area (Å²) in [6.07, 6.45) is 1.53. The molecule has 0 radical (unpaired) electrons. The molecular weight excluding hydrogens is 372 g/mol. The fourth-order valence-electron chi connectivity index (χ4n) is 2.95. The van der Waals surface area contributed by atoms with Crippen LogP contribution in [0.3, 0.4) is 0 Å². The zero-order chi connectivity index (χ0) is 20.2. The molecule has 0 aliphatic carbocycles. The van der Waals surface area contributed by atoms with Gasteiger partial charge in [0.25, 0.3) is 11.6 Å². The summed E-state index contributed by atoms with van der Waals surface area (Å²) in [7, 11) is 0. The van der Waals surface area contributed by atoms with Crippen LogP contribution in [-0.4, -0.2) is 28.5 Å². The highest BCUT2D eigenvalue weighted by atomic mass is 16.5. The number of hydrogen-bond acceptors (Lipinski definition) is 6. The maximum Gasteiger partial charge on any atom is 0.259 e. The Labute approximate surface area is 165 Å². The molecule has 8 nitrogen and oxygen atoms in total. The van der Waals surface area contributed by atoms with Crippen molar-refractivity contribution in [2.24, 2.45) is 0 Å². The zero-order valence-corrected chi connectivity index (χ0v) is 15.6. The number of amides is 2. The molecule has 146 valence electrons. The molecule has 4 rings (SSSR count). The lowest BCUT2D eigenvalue weighted by molar-refractivity contribution is -0.120. The first-order valence-corrected chi connectivity index (χ1v) is 9.01. The number of nitrogens with one attached hydrogen (secondary N) is 2. The highest BCUT2D eigenvalue weighted by molar-refractivity contribution is 6.07. The summed E-state index contributed by atoms with van der Waals surface area (Å²) >= 11 is 0. The Morgan fingerprint density at radius 2 is 1.90 bits per heavy atom. The Balaban J connectivity index is 1.53. The number of aromatic nitrogens is 2. The summed E-state index contributed by atoms with van der Waals surface area (Å²) in [6, 6.07) is 14.6. The van der Waals surface area contributed by atoms with Crippen molar-refractivity contribution in [1.29, 1.82) is 0 Å². The molecular formula is C21H18N4O4. The van der Waals surface area contributed by atoms with Gasteiger partial charge in [-0.25, -0.2) is 4.98 Å². The van der Waals surface area contributed by atoms with Gasteiger partial charge in [-0.15, -0.1) is 0 Å². The van der Waals surface area contributed by atoms with Crippen molar-refractivity contribution in [3.8, 4) is 11.3 Å². The van der Waals surface area contributed by atoms with Crippen LogP contribution in [0.1, 0.15) is 21.8 Å². The molecule has 8 heteroatoms. The number of aryl methyl sites for hydroxylation is 1. The van der Waals surface area contributed by atoms with Crippen LogP contribution >= 0.6 is 0 Å². The average Bonchev–Trinajstić information content (AvgIpc) is 3.40. The summed E-state index contributed by atoms with van der Waals surface area (Å²) in [5, 5.41) is 9.77. The molecule has 2 N–H and O–H groups in total. The maximum atomic E-state index is 12.8. The van der Waals surface area contributed by atoms with Crippen LogP contribution in [0.2, 0.25) is 0 Å². The number of pyridine rings is 1. The van der Waals surface area contributed by atoms with Crippen molar-refractivity contribution >= 4 is 22.9 Å². The Kier molecular flexibility index (Phi) is 5.07. The first-order valence-electron chi connectivity index (χ1n) is 9.01. The molecule has 0 fully saturated rings. The van der Waals surface area contributed by atoms with E-state index >= 15 is 0 Å². The Morgan fingerprint density at radius 1 is 1.07 bits per heavy atom. The highest BCUT2D eigenvalue weighted by Gasteiger charge is 2.19. The molecule has 2 amide bonds. The van der Waals surface area contributed by atoms with Gasteiger partial charge in [-0.1, -0.05) is 35.5 Å². The number of benzene rings is 1. The Hall–Kier alpha value is -3.94. The van der Waals surface area contributed by atoms with E-state index in [2.05, 4.69) is 20.8 Å². The van der Waals surface area contributed by atoms with E-state index in [9.17, 15) is 9.59 Å². The maximum absolute atomic E-state index is 12.8. The molecule has 29 heavy (non-hydrogen) atoms. The van der Waals surface area contributed by atoms with E-state index in [4.69, 9.17) is 8.94 Å². The van der Waals surface area contributed by atoms with Crippen molar-refractivity contribution in [1.82, 2.24) is 20.8 Å². The lowest BCUT2D eigenvalue weighted by Crippen LogP contribution is -2.36. The molecule has 0 atom stereocenters. The fourth-order valence-corrected chi connectivity index (χ4v) is 2.95. The van der Waals surface area contributed by atoms with Crippen molar-refractivity contribution in [3.63, 3.8) is 0 Å². The van der Waals surface area contributed by atoms with E-state index in [0.717, 1.165) is 5.56 Å². The molecule has 0 saturated heterocycles. The van der Waals surface area contributed by atoms with Crippen LogP contribution in [0, 0.1) is 6.92 Å². The fraction of sp³-hybridized carbons (Fsp3) is 0.143. The van der Waals surface area contributed by atoms with Gasteiger partial charge in [0.15, 0.2) is 0 Å². The third-order valence-corrected chi connectivity index (χ3v) is 4.38. The summed E-state index contributed by atoms with van der Waals surface area (Å²) in [6.45, 7) is 1.82. The molecule has 0 bridgehead atoms. The van der Waals surface area contributed by atoms with E-state index in [1.165, 1.54) is 6.26 Å². The number of hydrogen-bond donors (Lipinski definition) is 2. The molecule has 0 aliphatic heterocycles. The smallest absolute Gasteiger partial charge is 0.259 e. The minimum atomic E-state index is -0.408. The molecule has 0 saturated carbocycles. The lowest BCUT2D eigenvalue weighted by atomic mass is 10.1. The van der Waals surface area contributed by atoms with Gasteiger partial charge in [0.1, 0.15) is 5.76 Å². The van der Waals surface area contributed by atoms with Crippen LogP contribution < -0.4 is 10.6 Å². The van der Waals surface area contributed by atoms with Gasteiger partial charge < -0.3 is 19.6 Å². The van der Waals surface area contributed by atoms with Gasteiger partial charge in [0, 0.05) is 5.56 Å². The molecule has 1 aromatic carbocycles. The van der Waals surface area contributed by atoms with E-state index in [1.807, 2.05) is 30.3 Å². The van der Waals surface area contributed by atoms with Crippen LogP contribution in [-0.2, 0) is 11.3 Å². The Morgan fingerprint density at radius 3 is 2.66 bits per heavy atom. The normalized spacial score (nSPS) is 10.8. The summed E-state index contributed by atoms with van der Waals surface area (Å²) in [4.78, 5) is 29.3. The second-order valence-corrected chi connectivity index (χ2v) is 6.41. The largest absolute Gasteiger partial charge is 0.467 e. The van der Waals surface area contributed by atoms with Crippen LogP contribution in [0.4, 0.5) is 0 Å². The second kappa shape index (κ2) is 7.97. The minimum Gasteiger partial charge on any atom is -0.467 e. The minimum absolute atomic E-state index is 0.172. The third-order valence-electron chi connectivity index (χ3n) is 4.38. The molecule has 0 unspecified atom stereocenters. The number of fused-ring (bicyclic) bond motifs is 1. The lowest BCUT2D eigenvalue weighted by Gasteiger charge is -2.08. The van der Waals surface area contributed by atoms with Crippen molar-refractivity contribution in [2.45, 2.75) is 13.5 Å². The SMILES string of the molecule is Cc1noc2nc(-c3ccccc3)cc(C(=O)NCC(=O)NCc3ccco3)c12. The second-order valence-electron chi connectivity index (χ2n) is 6.41. The van der Waals surface area contributed by atoms with Gasteiger partial charge in [-0.2, -0.15) is 0 Å². The number of nitrogens with zero attached hydrogens (tertiary/aromatic N) is 2. The van der Waals surface area contributed by atoms with E-state index in [0.29, 0.717) is 28.1 Å². The Bertz CT molecular complexity index is 1150. The number of carbonyl (C=O) groups is 2. The topological polar surface area (TPSA) is 110 Å². The quantitative estimate of drug-likeness (QED) is 0.524. The molecule has 3 heterocycles. The number of rotatable bonds is 6. The zero-order valence-electron chi connectivity index (χ0n) is 15.6. The van der Waals surface area contributed by atoms with Gasteiger partial charge in [0.2, 0.25) is 5.91 Å². The van der Waals surface area contributed by atoms with E-state index < -0.39 is 5.91 Å². The van der Waals surface area contributed by atoms with Gasteiger partial charge in [-0.05, 0) is 25.1 Å². The highest BCUT2D eigenvalue weighted by Crippen LogP contribution is 2.26. The third kappa shape index (κ3) is 4.01. The molecule has 3 aromatic heterocycles. The summed E-state index contributed by atoms with van der Waals surface area (Å²) in [5.41, 5.74) is 2.61. The molecule has 0 aliphatic rings. The van der Waals surface area contributed by atoms with Gasteiger partial charge in [0.05, 0.1) is 41.7 Å². The molecule has 0 spiro atoms. The number of furan rings is 1. The standard InChI is InChI=1S/C21H18N4O4/c1-13-19-16(20(27)23-12-18(26)22-11-15-8-5-9-28-15)10-17(24-21(19)29-25-13)14-6-3-2-4-7-14/h2-10H,11-12H2,1H3,(H,22,26)(H,23,27).